The third-order valence-corrected chi connectivity index (χ3v) is 13.3. The van der Waals surface area contributed by atoms with Gasteiger partial charge < -0.3 is 34.0 Å². The summed E-state index contributed by atoms with van der Waals surface area (Å²) in [5, 5.41) is 9.44. The van der Waals surface area contributed by atoms with Gasteiger partial charge >= 0.3 is 18.3 Å². The number of alkyl halides is 4. The topological polar surface area (TPSA) is 117 Å². The number of aryl methyl sites for hydroxylation is 1. The van der Waals surface area contributed by atoms with Crippen molar-refractivity contribution in [3.05, 3.63) is 93.8 Å². The van der Waals surface area contributed by atoms with E-state index in [-0.39, 0.29) is 42.1 Å². The Kier molecular flexibility index (Phi) is 12.2. The number of methoxy groups -OCH3 is 2. The molecule has 3 saturated heterocycles. The average molecular weight is 862 g/mol. The summed E-state index contributed by atoms with van der Waals surface area (Å²) < 4.78 is 77.8. The Bertz CT molecular complexity index is 2190. The van der Waals surface area contributed by atoms with Crippen molar-refractivity contribution in [2.24, 2.45) is 11.8 Å². The van der Waals surface area contributed by atoms with E-state index in [1.54, 1.807) is 14.2 Å². The van der Waals surface area contributed by atoms with E-state index in [0.717, 1.165) is 36.1 Å². The van der Waals surface area contributed by atoms with E-state index in [4.69, 9.17) is 29.2 Å². The lowest BCUT2D eigenvalue weighted by atomic mass is 9.75. The van der Waals surface area contributed by atoms with Crippen molar-refractivity contribution in [1.82, 2.24) is 24.8 Å². The van der Waals surface area contributed by atoms with Crippen LogP contribution in [0.2, 0.25) is 0 Å². The van der Waals surface area contributed by atoms with Gasteiger partial charge in [0.25, 0.3) is 0 Å². The van der Waals surface area contributed by atoms with Crippen LogP contribution >= 0.6 is 0 Å². The third kappa shape index (κ3) is 8.93. The summed E-state index contributed by atoms with van der Waals surface area (Å²) >= 11 is 0. The van der Waals surface area contributed by atoms with Crippen molar-refractivity contribution in [2.75, 3.05) is 70.4 Å². The fraction of sp³-hybridized carbons (Fsp3) is 0.522. The predicted molar refractivity (Wildman–Crippen MR) is 226 cm³/mol. The second-order valence-corrected chi connectivity index (χ2v) is 17.7. The monoisotopic (exact) mass is 861 g/mol. The van der Waals surface area contributed by atoms with Gasteiger partial charge in [0.1, 0.15) is 35.9 Å². The third-order valence-electron chi connectivity index (χ3n) is 13.3. The quantitative estimate of drug-likeness (QED) is 0.125. The zero-order valence-corrected chi connectivity index (χ0v) is 35.9. The predicted octanol–water partition coefficient (Wildman–Crippen LogP) is 7.94. The zero-order chi connectivity index (χ0) is 43.9. The Hall–Kier alpha value is -5.38. The van der Waals surface area contributed by atoms with Gasteiger partial charge in [-0.25, -0.2) is 14.2 Å². The minimum absolute atomic E-state index is 0.0280. The highest BCUT2D eigenvalue weighted by atomic mass is 19.4. The number of anilines is 2. The summed E-state index contributed by atoms with van der Waals surface area (Å²) in [5.74, 6) is 1.54. The number of halogens is 4. The maximum atomic E-state index is 15.3. The first-order chi connectivity index (χ1) is 29.6. The first-order valence-corrected chi connectivity index (χ1v) is 21.3. The van der Waals surface area contributed by atoms with Gasteiger partial charge in [-0.1, -0.05) is 31.2 Å². The summed E-state index contributed by atoms with van der Waals surface area (Å²) in [7, 11) is 5.08. The van der Waals surface area contributed by atoms with Crippen LogP contribution in [0.1, 0.15) is 71.3 Å². The van der Waals surface area contributed by atoms with Crippen LogP contribution < -0.4 is 24.0 Å². The number of rotatable bonds is 14. The Morgan fingerprint density at radius 1 is 0.952 bits per heavy atom. The average Bonchev–Trinajstić information content (AvgIpc) is 3.75. The van der Waals surface area contributed by atoms with Gasteiger partial charge in [0.2, 0.25) is 0 Å². The number of hydrogen-bond donors (Lipinski definition) is 1. The van der Waals surface area contributed by atoms with Gasteiger partial charge in [-0.3, -0.25) is 4.90 Å². The van der Waals surface area contributed by atoms with Crippen LogP contribution in [-0.4, -0.2) is 108 Å². The van der Waals surface area contributed by atoms with Gasteiger partial charge in [-0.2, -0.15) is 23.1 Å². The Morgan fingerprint density at radius 2 is 1.60 bits per heavy atom. The standard InChI is InChI=1S/C46H55F4N7O5/c1-28-17-37-38(51-43(62-27-45-15-6-16-57(45)26-33(47)20-45)53-42(37)54(3)21-32-24-56(25-32)44(58)59)19-36(28)41-40(46(48,49)50)29(2)18-39(52-41)55(22-30-7-11-34(60-4)12-8-30)23-31-9-13-35(61-5)14-10-31/h7-14,18,28,32-33,36H,6,15-17,19-27H2,1-5H3,(H,58,59)/t28-,33-,36-,45+/m1/s1. The highest BCUT2D eigenvalue weighted by Gasteiger charge is 2.50. The van der Waals surface area contributed by atoms with Gasteiger partial charge in [-0.15, -0.1) is 0 Å². The number of hydrogen-bond acceptors (Lipinski definition) is 10. The summed E-state index contributed by atoms with van der Waals surface area (Å²) in [6, 6.07) is 16.8. The van der Waals surface area contributed by atoms with Crippen LogP contribution in [0.5, 0.6) is 17.5 Å². The second-order valence-electron chi connectivity index (χ2n) is 17.7. The van der Waals surface area contributed by atoms with E-state index >= 15 is 13.2 Å². The van der Waals surface area contributed by atoms with Crippen LogP contribution in [0.25, 0.3) is 0 Å². The lowest BCUT2D eigenvalue weighted by Gasteiger charge is -2.40. The van der Waals surface area contributed by atoms with E-state index in [1.165, 1.54) is 17.9 Å². The Balaban J connectivity index is 1.16. The van der Waals surface area contributed by atoms with Crippen molar-refractivity contribution in [3.8, 4) is 17.5 Å². The molecule has 1 N–H and O–H groups in total. The number of likely N-dealkylation sites (tertiary alicyclic amines) is 1. The normalized spacial score (nSPS) is 22.5. The minimum atomic E-state index is -4.68. The van der Waals surface area contributed by atoms with Gasteiger partial charge in [-0.05, 0) is 92.1 Å². The van der Waals surface area contributed by atoms with Gasteiger partial charge in [0, 0.05) is 70.1 Å². The molecule has 4 aliphatic rings. The largest absolute Gasteiger partial charge is 0.497 e. The molecule has 0 radical (unpaired) electrons. The van der Waals surface area contributed by atoms with Crippen molar-refractivity contribution >= 4 is 17.7 Å². The number of pyridine rings is 1. The molecule has 2 aromatic carbocycles. The van der Waals surface area contributed by atoms with Gasteiger partial charge in [0.15, 0.2) is 0 Å². The maximum Gasteiger partial charge on any atom is 0.418 e. The molecule has 2 aromatic heterocycles. The molecule has 0 unspecified atom stereocenters. The number of carboxylic acid groups (broad SMARTS) is 1. The van der Waals surface area contributed by atoms with Gasteiger partial charge in [0.05, 0.1) is 36.7 Å². The number of aromatic nitrogens is 3. The Morgan fingerprint density at radius 3 is 2.19 bits per heavy atom. The molecule has 4 aromatic rings. The minimum Gasteiger partial charge on any atom is -0.497 e. The zero-order valence-electron chi connectivity index (χ0n) is 35.9. The fourth-order valence-corrected chi connectivity index (χ4v) is 10.1. The lowest BCUT2D eigenvalue weighted by molar-refractivity contribution is -0.139. The summed E-state index contributed by atoms with van der Waals surface area (Å²) in [4.78, 5) is 33.8. The van der Waals surface area contributed by atoms with Crippen LogP contribution in [0, 0.1) is 18.8 Å². The number of ether oxygens (including phenoxy) is 3. The summed E-state index contributed by atoms with van der Waals surface area (Å²) in [6.07, 6.45) is -3.95. The molecule has 62 heavy (non-hydrogen) atoms. The van der Waals surface area contributed by atoms with Crippen LogP contribution in [-0.2, 0) is 32.1 Å². The molecule has 3 fully saturated rings. The Labute approximate surface area is 359 Å². The first kappa shape index (κ1) is 43.3. The fourth-order valence-electron chi connectivity index (χ4n) is 10.1. The highest BCUT2D eigenvalue weighted by Crippen LogP contribution is 2.46. The lowest BCUT2D eigenvalue weighted by Crippen LogP contribution is -2.53. The number of carbonyl (C=O) groups is 1. The number of amides is 1. The molecule has 16 heteroatoms. The second kappa shape index (κ2) is 17.4. The number of fused-ring (bicyclic) bond motifs is 2. The van der Waals surface area contributed by atoms with E-state index in [1.807, 2.05) is 72.3 Å². The van der Waals surface area contributed by atoms with Crippen LogP contribution in [0.15, 0.2) is 54.6 Å². The SMILES string of the molecule is COc1ccc(CN(Cc2ccc(OC)cc2)c2cc(C)c(C(F)(F)F)c([C@@H]3Cc4nc(OC[C@@]56CCCN5C[C@H](F)C6)nc(N(C)CC5CN(C(=O)O)C5)c4C[C@H]3C)n2)cc1. The maximum absolute atomic E-state index is 15.3. The van der Waals surface area contributed by atoms with E-state index in [0.29, 0.717) is 80.9 Å². The first-order valence-electron chi connectivity index (χ1n) is 21.3. The molecule has 0 saturated carbocycles. The number of nitrogens with zero attached hydrogens (tertiary/aromatic N) is 7. The van der Waals surface area contributed by atoms with Crippen molar-refractivity contribution < 1.29 is 41.7 Å². The van der Waals surface area contributed by atoms with Crippen molar-refractivity contribution in [2.45, 2.75) is 82.8 Å². The molecule has 3 aliphatic heterocycles. The smallest absolute Gasteiger partial charge is 0.418 e. The van der Waals surface area contributed by atoms with E-state index < -0.39 is 35.5 Å². The molecule has 4 atom stereocenters. The van der Waals surface area contributed by atoms with E-state index in [9.17, 15) is 14.3 Å². The highest BCUT2D eigenvalue weighted by molar-refractivity contribution is 5.66. The van der Waals surface area contributed by atoms with Crippen molar-refractivity contribution in [3.63, 3.8) is 0 Å². The molecule has 12 nitrogen and oxygen atoms in total. The summed E-state index contributed by atoms with van der Waals surface area (Å²) in [6.45, 7) is 6.86. The van der Waals surface area contributed by atoms with Crippen LogP contribution in [0.3, 0.4) is 0 Å². The molecule has 0 spiro atoms. The molecule has 332 valence electrons. The van der Waals surface area contributed by atoms with E-state index in [2.05, 4.69) is 4.90 Å². The molecular weight excluding hydrogens is 807 g/mol. The molecule has 1 aliphatic carbocycles. The van der Waals surface area contributed by atoms with Crippen LogP contribution in [0.4, 0.5) is 34.0 Å². The summed E-state index contributed by atoms with van der Waals surface area (Å²) in [5.41, 5.74) is 2.12. The molecule has 8 rings (SSSR count). The molecule has 0 bridgehead atoms. The molecule has 1 amide bonds. The molecule has 5 heterocycles. The van der Waals surface area contributed by atoms with Crippen molar-refractivity contribution in [1.29, 1.82) is 0 Å². The number of benzene rings is 2. The molecular formula is C46H55F4N7O5.